The summed E-state index contributed by atoms with van der Waals surface area (Å²) < 4.78 is 86.5. The lowest BCUT2D eigenvalue weighted by molar-refractivity contribution is -0.253. The van der Waals surface area contributed by atoms with Crippen LogP contribution in [0.1, 0.15) is 0 Å². The fraction of sp³-hybridized carbons (Fsp3) is 0.571. The highest BCUT2D eigenvalue weighted by molar-refractivity contribution is 5.81. The van der Waals surface area contributed by atoms with Crippen molar-refractivity contribution in [1.29, 1.82) is 0 Å². The van der Waals surface area contributed by atoms with Gasteiger partial charge in [-0.3, -0.25) is 0 Å². The predicted octanol–water partition coefficient (Wildman–Crippen LogP) is 2.55. The summed E-state index contributed by atoms with van der Waals surface area (Å²) in [6, 6.07) is 0. The van der Waals surface area contributed by atoms with E-state index in [2.05, 4.69) is 4.74 Å². The van der Waals surface area contributed by atoms with Crippen LogP contribution in [0.5, 0.6) is 0 Å². The molecular weight excluding hydrogens is 249 g/mol. The molecule has 0 aliphatic carbocycles. The minimum Gasteiger partial charge on any atom is -0.456 e. The van der Waals surface area contributed by atoms with Crippen molar-refractivity contribution in [3.8, 4) is 0 Å². The third-order valence-electron chi connectivity index (χ3n) is 1.26. The van der Waals surface area contributed by atoms with E-state index in [-0.39, 0.29) is 12.4 Å². The van der Waals surface area contributed by atoms with Crippen LogP contribution in [0.4, 0.5) is 30.7 Å². The summed E-state index contributed by atoms with van der Waals surface area (Å²) in [5, 5.41) is 0. The molecular formula is C7H5F7O2. The number of hydrogen-bond acceptors (Lipinski definition) is 2. The Morgan fingerprint density at radius 2 is 1.75 bits per heavy atom. The maximum atomic E-state index is 12.4. The van der Waals surface area contributed by atoms with Gasteiger partial charge in [0.25, 0.3) is 6.17 Å². The molecule has 0 radical (unpaired) electrons. The highest BCUT2D eigenvalue weighted by Gasteiger charge is 2.57. The first-order valence-corrected chi connectivity index (χ1v) is 3.63. The number of esters is 1. The van der Waals surface area contributed by atoms with Gasteiger partial charge in [-0.1, -0.05) is 0 Å². The third kappa shape index (κ3) is 4.49. The standard InChI is InChI=1S/C7H5F7O2/c8-2-1-4(15)16-3-6(10,11)5(9)7(12,13)14/h1-2,5H,3H2. The van der Waals surface area contributed by atoms with Crippen LogP contribution >= 0.6 is 0 Å². The normalized spacial score (nSPS) is 15.2. The first kappa shape index (κ1) is 14.7. The Kier molecular flexibility index (Phi) is 4.76. The molecule has 16 heavy (non-hydrogen) atoms. The van der Waals surface area contributed by atoms with Crippen molar-refractivity contribution in [2.45, 2.75) is 18.3 Å². The number of carbonyl (C=O) groups excluding carboxylic acids is 1. The molecule has 0 aromatic heterocycles. The molecule has 0 aromatic carbocycles. The Morgan fingerprint density at radius 3 is 2.12 bits per heavy atom. The molecule has 0 aliphatic heterocycles. The molecule has 0 aromatic rings. The maximum Gasteiger partial charge on any atom is 0.425 e. The first-order chi connectivity index (χ1) is 7.11. The number of hydrogen-bond donors (Lipinski definition) is 0. The third-order valence-corrected chi connectivity index (χ3v) is 1.26. The van der Waals surface area contributed by atoms with Gasteiger partial charge in [0, 0.05) is 0 Å². The van der Waals surface area contributed by atoms with Gasteiger partial charge < -0.3 is 4.74 Å². The van der Waals surface area contributed by atoms with Crippen molar-refractivity contribution in [3.63, 3.8) is 0 Å². The summed E-state index contributed by atoms with van der Waals surface area (Å²) in [5.41, 5.74) is 0. The van der Waals surface area contributed by atoms with E-state index in [1.807, 2.05) is 0 Å². The van der Waals surface area contributed by atoms with Gasteiger partial charge in [-0.15, -0.1) is 0 Å². The smallest absolute Gasteiger partial charge is 0.425 e. The molecule has 0 spiro atoms. The highest BCUT2D eigenvalue weighted by Crippen LogP contribution is 2.34. The van der Waals surface area contributed by atoms with Crippen LogP contribution in [0.3, 0.4) is 0 Å². The Bertz CT molecular complexity index is 270. The van der Waals surface area contributed by atoms with Gasteiger partial charge in [0.05, 0.1) is 12.4 Å². The summed E-state index contributed by atoms with van der Waals surface area (Å²) in [6.45, 7) is -2.13. The van der Waals surface area contributed by atoms with Crippen LogP contribution in [0, 0.1) is 0 Å². The van der Waals surface area contributed by atoms with E-state index in [9.17, 15) is 35.5 Å². The van der Waals surface area contributed by atoms with Crippen LogP contribution in [0.2, 0.25) is 0 Å². The number of rotatable bonds is 4. The molecule has 0 N–H and O–H groups in total. The van der Waals surface area contributed by atoms with Crippen molar-refractivity contribution in [2.24, 2.45) is 0 Å². The molecule has 0 fully saturated rings. The van der Waals surface area contributed by atoms with E-state index in [1.165, 1.54) is 0 Å². The predicted molar refractivity (Wildman–Crippen MR) is 37.1 cm³/mol. The van der Waals surface area contributed by atoms with E-state index < -0.39 is 30.8 Å². The fourth-order valence-corrected chi connectivity index (χ4v) is 0.580. The summed E-state index contributed by atoms with van der Waals surface area (Å²) >= 11 is 0. The lowest BCUT2D eigenvalue weighted by Crippen LogP contribution is -2.45. The Hall–Kier alpha value is -1.28. The minimum atomic E-state index is -5.77. The van der Waals surface area contributed by atoms with E-state index in [1.54, 1.807) is 0 Å². The second-order valence-corrected chi connectivity index (χ2v) is 2.57. The van der Waals surface area contributed by atoms with Gasteiger partial charge in [-0.25, -0.2) is 13.6 Å². The topological polar surface area (TPSA) is 26.3 Å². The largest absolute Gasteiger partial charge is 0.456 e. The SMILES string of the molecule is O=C(C=CF)OCC(F)(F)C(F)C(F)(F)F. The van der Waals surface area contributed by atoms with Crippen molar-refractivity contribution >= 4 is 5.97 Å². The number of carbonyl (C=O) groups is 1. The molecule has 2 nitrogen and oxygen atoms in total. The molecule has 94 valence electrons. The monoisotopic (exact) mass is 254 g/mol. The molecule has 0 rings (SSSR count). The molecule has 9 heteroatoms. The second-order valence-electron chi connectivity index (χ2n) is 2.57. The fourth-order valence-electron chi connectivity index (χ4n) is 0.580. The van der Waals surface area contributed by atoms with E-state index >= 15 is 0 Å². The summed E-state index contributed by atoms with van der Waals surface area (Å²) in [6.07, 6.45) is -10.5. The van der Waals surface area contributed by atoms with Gasteiger partial charge in [-0.05, 0) is 0 Å². The molecule has 0 aliphatic rings. The molecule has 0 heterocycles. The number of alkyl halides is 6. The van der Waals surface area contributed by atoms with Gasteiger partial charge >= 0.3 is 18.1 Å². The van der Waals surface area contributed by atoms with Gasteiger partial charge in [0.1, 0.15) is 0 Å². The molecule has 0 bridgehead atoms. The van der Waals surface area contributed by atoms with Gasteiger partial charge in [0.2, 0.25) is 0 Å². The molecule has 1 atom stereocenters. The molecule has 0 amide bonds. The van der Waals surface area contributed by atoms with Crippen molar-refractivity contribution in [2.75, 3.05) is 6.61 Å². The van der Waals surface area contributed by atoms with Crippen molar-refractivity contribution in [1.82, 2.24) is 0 Å². The van der Waals surface area contributed by atoms with E-state index in [4.69, 9.17) is 0 Å². The van der Waals surface area contributed by atoms with E-state index in [0.29, 0.717) is 0 Å². The van der Waals surface area contributed by atoms with Crippen LogP contribution in [0.15, 0.2) is 12.4 Å². The quantitative estimate of drug-likeness (QED) is 0.438. The van der Waals surface area contributed by atoms with E-state index in [0.717, 1.165) is 0 Å². The first-order valence-electron chi connectivity index (χ1n) is 3.63. The Balaban J connectivity index is 4.41. The van der Waals surface area contributed by atoms with Crippen molar-refractivity contribution < 1.29 is 40.3 Å². The lowest BCUT2D eigenvalue weighted by Gasteiger charge is -2.21. The van der Waals surface area contributed by atoms with Crippen LogP contribution < -0.4 is 0 Å². The van der Waals surface area contributed by atoms with Crippen LogP contribution in [0.25, 0.3) is 0 Å². The Morgan fingerprint density at radius 1 is 1.25 bits per heavy atom. The highest BCUT2D eigenvalue weighted by atomic mass is 19.4. The molecule has 0 saturated carbocycles. The van der Waals surface area contributed by atoms with Crippen LogP contribution in [-0.2, 0) is 9.53 Å². The number of ether oxygens (including phenoxy) is 1. The average molecular weight is 254 g/mol. The molecule has 0 saturated heterocycles. The minimum absolute atomic E-state index is 0.0525. The zero-order chi connectivity index (χ0) is 13.0. The summed E-state index contributed by atoms with van der Waals surface area (Å²) in [7, 11) is 0. The maximum absolute atomic E-state index is 12.4. The molecule has 1 unspecified atom stereocenters. The average Bonchev–Trinajstić information content (AvgIpc) is 2.13. The summed E-state index contributed by atoms with van der Waals surface area (Å²) in [4.78, 5) is 10.3. The van der Waals surface area contributed by atoms with Gasteiger partial charge in [-0.2, -0.15) is 22.0 Å². The zero-order valence-corrected chi connectivity index (χ0v) is 7.40. The number of halogens is 7. The zero-order valence-electron chi connectivity index (χ0n) is 7.40. The van der Waals surface area contributed by atoms with Crippen LogP contribution in [-0.4, -0.2) is 30.8 Å². The lowest BCUT2D eigenvalue weighted by atomic mass is 10.2. The second kappa shape index (κ2) is 5.17. The van der Waals surface area contributed by atoms with Gasteiger partial charge in [0.15, 0.2) is 6.61 Å². The Labute approximate surface area is 84.7 Å². The van der Waals surface area contributed by atoms with Crippen molar-refractivity contribution in [3.05, 3.63) is 12.4 Å². The summed E-state index contributed by atoms with van der Waals surface area (Å²) in [5.74, 6) is -6.56.